The van der Waals surface area contributed by atoms with E-state index in [1.165, 1.54) is 73.9 Å². The van der Waals surface area contributed by atoms with Gasteiger partial charge in [-0.05, 0) is 103 Å². The summed E-state index contributed by atoms with van der Waals surface area (Å²) in [7, 11) is 0. The van der Waals surface area contributed by atoms with Crippen LogP contribution in [0.25, 0.3) is 6.08 Å². The molecule has 0 amide bonds. The van der Waals surface area contributed by atoms with Gasteiger partial charge in [0.2, 0.25) is 0 Å². The van der Waals surface area contributed by atoms with E-state index in [2.05, 4.69) is 59.2 Å². The molecule has 1 aliphatic heterocycles. The number of aliphatic imine (C=N–C) groups is 1. The fourth-order valence-corrected chi connectivity index (χ4v) is 5.88. The molecular weight excluding hydrogens is 560 g/mol. The van der Waals surface area contributed by atoms with E-state index in [9.17, 15) is 4.39 Å². The second kappa shape index (κ2) is 16.5. The molecule has 1 aromatic carbocycles. The smallest absolute Gasteiger partial charge is 0.123 e. The SMILES string of the molecule is C=C1Cc2ncccc2C(C)CCC2(CCCCC2)/C(C)=C/N=C1C(C)C.C=Cc1ccc(F)cc1C.O.[HH].[Y]. The van der Waals surface area contributed by atoms with Gasteiger partial charge in [-0.15, -0.1) is 0 Å². The molecule has 0 saturated heterocycles. The molecule has 3 nitrogen and oxygen atoms in total. The van der Waals surface area contributed by atoms with Crippen LogP contribution in [-0.2, 0) is 39.1 Å². The minimum atomic E-state index is -0.192. The van der Waals surface area contributed by atoms with Gasteiger partial charge in [-0.25, -0.2) is 4.39 Å². The Bertz CT molecular complexity index is 1170. The third-order valence-electron chi connectivity index (χ3n) is 8.30. The molecule has 1 atom stereocenters. The van der Waals surface area contributed by atoms with Crippen LogP contribution in [-0.4, -0.2) is 16.2 Å². The van der Waals surface area contributed by atoms with Crippen molar-refractivity contribution in [3.8, 4) is 0 Å². The Balaban J connectivity index is 0.000001000. The summed E-state index contributed by atoms with van der Waals surface area (Å²) in [6.45, 7) is 19.0. The molecule has 1 radical (unpaired) electrons. The maximum Gasteiger partial charge on any atom is 0.123 e. The molecule has 1 fully saturated rings. The third-order valence-corrected chi connectivity index (χ3v) is 8.30. The van der Waals surface area contributed by atoms with Gasteiger partial charge in [0.05, 0.1) is 0 Å². The second-order valence-corrected chi connectivity index (χ2v) is 11.3. The summed E-state index contributed by atoms with van der Waals surface area (Å²) in [5.74, 6) is 0.714. The van der Waals surface area contributed by atoms with Crippen LogP contribution < -0.4 is 0 Å². The van der Waals surface area contributed by atoms with Gasteiger partial charge in [-0.1, -0.05) is 71.4 Å². The van der Waals surface area contributed by atoms with Crippen molar-refractivity contribution in [1.82, 2.24) is 4.98 Å². The van der Waals surface area contributed by atoms with Crippen LogP contribution in [0.4, 0.5) is 4.39 Å². The molecule has 2 heterocycles. The number of pyridine rings is 1. The van der Waals surface area contributed by atoms with Crippen LogP contribution in [0.2, 0.25) is 0 Å². The number of fused-ring (bicyclic) bond motifs is 1. The summed E-state index contributed by atoms with van der Waals surface area (Å²) >= 11 is 0. The summed E-state index contributed by atoms with van der Waals surface area (Å²) in [4.78, 5) is 9.72. The fraction of sp³-hybridized carbons (Fsp3) is 0.471. The number of hydrogen-bond donors (Lipinski definition) is 0. The van der Waals surface area contributed by atoms with E-state index in [4.69, 9.17) is 9.98 Å². The van der Waals surface area contributed by atoms with Gasteiger partial charge in [-0.3, -0.25) is 9.98 Å². The first-order valence-electron chi connectivity index (χ1n) is 13.9. The number of hydrogen-bond acceptors (Lipinski definition) is 2. The van der Waals surface area contributed by atoms with Crippen molar-refractivity contribution in [3.63, 3.8) is 0 Å². The number of allylic oxidation sites excluding steroid dienone is 2. The van der Waals surface area contributed by atoms with Crippen LogP contribution in [0.1, 0.15) is 102 Å². The number of halogens is 1. The van der Waals surface area contributed by atoms with E-state index in [1.54, 1.807) is 12.1 Å². The van der Waals surface area contributed by atoms with E-state index in [-0.39, 0.29) is 45.4 Å². The van der Waals surface area contributed by atoms with Crippen molar-refractivity contribution < 1.29 is 44.0 Å². The van der Waals surface area contributed by atoms with Gasteiger partial charge in [0.1, 0.15) is 5.82 Å². The first-order chi connectivity index (χ1) is 17.7. The molecule has 211 valence electrons. The molecule has 1 aromatic heterocycles. The van der Waals surface area contributed by atoms with Crippen LogP contribution in [0.5, 0.6) is 0 Å². The largest absolute Gasteiger partial charge is 0.412 e. The van der Waals surface area contributed by atoms with E-state index in [0.717, 1.165) is 28.8 Å². The Morgan fingerprint density at radius 3 is 2.41 bits per heavy atom. The summed E-state index contributed by atoms with van der Waals surface area (Å²) in [6, 6.07) is 9.01. The summed E-state index contributed by atoms with van der Waals surface area (Å²) in [6.07, 6.45) is 15.8. The van der Waals surface area contributed by atoms with E-state index >= 15 is 0 Å². The zero-order chi connectivity index (χ0) is 27.0. The van der Waals surface area contributed by atoms with Crippen LogP contribution in [0.3, 0.4) is 0 Å². The molecule has 4 rings (SSSR count). The normalized spacial score (nSPS) is 20.3. The minimum Gasteiger partial charge on any atom is -0.412 e. The number of aryl methyl sites for hydroxylation is 1. The van der Waals surface area contributed by atoms with Crippen molar-refractivity contribution in [3.05, 3.63) is 95.2 Å². The Kier molecular flexibility index (Phi) is 14.9. The Morgan fingerprint density at radius 1 is 1.10 bits per heavy atom. The third kappa shape index (κ3) is 9.40. The monoisotopic (exact) mass is 609 g/mol. The van der Waals surface area contributed by atoms with Gasteiger partial charge in [0, 0.05) is 64.4 Å². The van der Waals surface area contributed by atoms with Crippen molar-refractivity contribution in [1.29, 1.82) is 0 Å². The molecule has 0 bridgehead atoms. The Morgan fingerprint density at radius 2 is 1.79 bits per heavy atom. The van der Waals surface area contributed by atoms with Gasteiger partial charge < -0.3 is 5.48 Å². The van der Waals surface area contributed by atoms with E-state index in [0.29, 0.717) is 17.3 Å². The summed E-state index contributed by atoms with van der Waals surface area (Å²) < 4.78 is 12.4. The predicted molar refractivity (Wildman–Crippen MR) is 163 cm³/mol. The topological polar surface area (TPSA) is 56.8 Å². The molecular formula is C34H49FN2OY. The number of nitrogens with zero attached hydrogens (tertiary/aromatic N) is 2. The first-order valence-corrected chi connectivity index (χ1v) is 13.9. The van der Waals surface area contributed by atoms with Crippen LogP contribution in [0.15, 0.2) is 72.0 Å². The van der Waals surface area contributed by atoms with Crippen LogP contribution >= 0.6 is 0 Å². The van der Waals surface area contributed by atoms with Crippen molar-refractivity contribution in [2.75, 3.05) is 0 Å². The minimum absolute atomic E-state index is 0. The quantitative estimate of drug-likeness (QED) is 0.335. The molecule has 1 spiro atoms. The van der Waals surface area contributed by atoms with Crippen molar-refractivity contribution in [2.24, 2.45) is 16.3 Å². The van der Waals surface area contributed by atoms with Gasteiger partial charge in [0.25, 0.3) is 0 Å². The van der Waals surface area contributed by atoms with E-state index < -0.39 is 0 Å². The fourth-order valence-electron chi connectivity index (χ4n) is 5.88. The average molecular weight is 610 g/mol. The first kappa shape index (κ1) is 35.3. The molecule has 1 saturated carbocycles. The van der Waals surface area contributed by atoms with Gasteiger partial charge in [0.15, 0.2) is 0 Å². The molecule has 2 aromatic rings. The zero-order valence-corrected chi connectivity index (χ0v) is 27.5. The van der Waals surface area contributed by atoms with Crippen molar-refractivity contribution in [2.45, 2.75) is 91.9 Å². The van der Waals surface area contributed by atoms with Gasteiger partial charge >= 0.3 is 0 Å². The van der Waals surface area contributed by atoms with Gasteiger partial charge in [-0.2, -0.15) is 0 Å². The number of aromatic nitrogens is 1. The number of rotatable bonds is 2. The molecule has 1 unspecified atom stereocenters. The molecule has 2 aliphatic rings. The predicted octanol–water partition coefficient (Wildman–Crippen LogP) is 9.22. The maximum atomic E-state index is 12.4. The summed E-state index contributed by atoms with van der Waals surface area (Å²) in [5, 5.41) is 0. The molecule has 5 heteroatoms. The Labute approximate surface area is 262 Å². The average Bonchev–Trinajstić information content (AvgIpc) is 2.88. The standard InChI is InChI=1S/C25H36N2.C9H9F.H2O.Y.H2/c1-18(2)24-20(4)16-23-22(10-9-15-26-23)19(3)11-14-25(21(5)17-27-24)12-7-6-8-13-25;1-3-8-4-5-9(10)6-7(8)2;;;/h9-10,15,17-19H,4,6-8,11-14,16H2,1-3,5H3;3-6H,1H2,2H3;1H2;;1H/b21-17+,27-24?;;;;. The number of benzene rings is 1. The maximum absolute atomic E-state index is 12.4. The molecule has 1 aliphatic carbocycles. The Hall–Kier alpha value is -1.75. The van der Waals surface area contributed by atoms with Crippen LogP contribution in [0, 0.1) is 24.1 Å². The zero-order valence-electron chi connectivity index (χ0n) is 24.7. The van der Waals surface area contributed by atoms with Crippen molar-refractivity contribution >= 4 is 11.8 Å². The van der Waals surface area contributed by atoms with E-state index in [1.807, 2.05) is 13.1 Å². The molecule has 2 N–H and O–H groups in total. The summed E-state index contributed by atoms with van der Waals surface area (Å²) in [5.41, 5.74) is 8.55. The molecule has 39 heavy (non-hydrogen) atoms. The second-order valence-electron chi connectivity index (χ2n) is 11.3.